The van der Waals surface area contributed by atoms with Gasteiger partial charge in [-0.15, -0.1) is 11.3 Å². The Morgan fingerprint density at radius 1 is 1.29 bits per heavy atom. The van der Waals surface area contributed by atoms with E-state index < -0.39 is 0 Å². The third-order valence-corrected chi connectivity index (χ3v) is 5.14. The quantitative estimate of drug-likeness (QED) is 0.892. The van der Waals surface area contributed by atoms with Crippen molar-refractivity contribution in [3.05, 3.63) is 40.4 Å². The first-order valence-electron chi connectivity index (χ1n) is 7.79. The summed E-state index contributed by atoms with van der Waals surface area (Å²) in [6, 6.07) is 6.89. The van der Waals surface area contributed by atoms with Crippen LogP contribution in [0.1, 0.15) is 39.7 Å². The molecular weight excluding hydrogens is 326 g/mol. The molecular formula is C17H19N3O3S. The zero-order chi connectivity index (χ0) is 17.1. The van der Waals surface area contributed by atoms with E-state index in [9.17, 15) is 9.59 Å². The van der Waals surface area contributed by atoms with Crippen LogP contribution in [-0.4, -0.2) is 31.0 Å². The van der Waals surface area contributed by atoms with Gasteiger partial charge in [-0.1, -0.05) is 0 Å². The number of nitrogens with one attached hydrogen (secondary N) is 2. The smallest absolute Gasteiger partial charge is 0.257 e. The molecule has 0 bridgehead atoms. The topological polar surface area (TPSA) is 80.3 Å². The molecule has 0 fully saturated rings. The second kappa shape index (κ2) is 7.00. The molecule has 1 aromatic heterocycles. The first kappa shape index (κ1) is 16.4. The average molecular weight is 345 g/mol. The third kappa shape index (κ3) is 3.26. The lowest BCUT2D eigenvalue weighted by atomic mass is 9.90. The summed E-state index contributed by atoms with van der Waals surface area (Å²) in [6.45, 7) is 0. The molecule has 0 saturated carbocycles. The monoisotopic (exact) mass is 345 g/mol. The molecule has 0 radical (unpaired) electrons. The van der Waals surface area contributed by atoms with Gasteiger partial charge in [-0.25, -0.2) is 4.98 Å². The first-order valence-corrected chi connectivity index (χ1v) is 8.60. The van der Waals surface area contributed by atoms with Gasteiger partial charge < -0.3 is 10.1 Å². The van der Waals surface area contributed by atoms with Gasteiger partial charge >= 0.3 is 0 Å². The summed E-state index contributed by atoms with van der Waals surface area (Å²) in [4.78, 5) is 29.9. The number of ether oxygens (including phenoxy) is 1. The van der Waals surface area contributed by atoms with Crippen molar-refractivity contribution in [2.75, 3.05) is 19.5 Å². The van der Waals surface area contributed by atoms with E-state index >= 15 is 0 Å². The number of thiazole rings is 1. The van der Waals surface area contributed by atoms with E-state index in [0.717, 1.165) is 29.8 Å². The number of nitrogens with zero attached hydrogens (tertiary/aromatic N) is 1. The zero-order valence-corrected chi connectivity index (χ0v) is 14.4. The van der Waals surface area contributed by atoms with Crippen LogP contribution in [0.4, 0.5) is 5.13 Å². The van der Waals surface area contributed by atoms with E-state index in [1.54, 1.807) is 38.4 Å². The Labute approximate surface area is 144 Å². The van der Waals surface area contributed by atoms with Crippen molar-refractivity contribution in [3.63, 3.8) is 0 Å². The molecule has 1 atom stereocenters. The van der Waals surface area contributed by atoms with Crippen LogP contribution in [0.25, 0.3) is 0 Å². The Morgan fingerprint density at radius 3 is 2.71 bits per heavy atom. The van der Waals surface area contributed by atoms with E-state index in [1.807, 2.05) is 0 Å². The van der Waals surface area contributed by atoms with Crippen molar-refractivity contribution in [2.24, 2.45) is 0 Å². The fourth-order valence-corrected chi connectivity index (χ4v) is 3.87. The summed E-state index contributed by atoms with van der Waals surface area (Å²) < 4.78 is 5.09. The number of aromatic nitrogens is 1. The lowest BCUT2D eigenvalue weighted by Gasteiger charge is -2.19. The van der Waals surface area contributed by atoms with E-state index in [2.05, 4.69) is 15.6 Å². The summed E-state index contributed by atoms with van der Waals surface area (Å²) in [5.41, 5.74) is 1.34. The summed E-state index contributed by atoms with van der Waals surface area (Å²) in [5.74, 6) is 0.237. The highest BCUT2D eigenvalue weighted by molar-refractivity contribution is 7.15. The second-order valence-corrected chi connectivity index (χ2v) is 6.65. The molecule has 0 unspecified atom stereocenters. The van der Waals surface area contributed by atoms with Crippen LogP contribution < -0.4 is 15.4 Å². The molecule has 0 saturated heterocycles. The number of benzene rings is 1. The number of methoxy groups -OCH3 is 1. The van der Waals surface area contributed by atoms with Gasteiger partial charge in [0.15, 0.2) is 5.13 Å². The van der Waals surface area contributed by atoms with Crippen molar-refractivity contribution < 1.29 is 14.3 Å². The lowest BCUT2D eigenvalue weighted by molar-refractivity contribution is -0.122. The Kier molecular flexibility index (Phi) is 4.80. The molecule has 2 N–H and O–H groups in total. The minimum Gasteiger partial charge on any atom is -0.497 e. The van der Waals surface area contributed by atoms with Gasteiger partial charge in [0.1, 0.15) is 5.75 Å². The number of carbonyl (C=O) groups is 2. The number of carbonyl (C=O) groups excluding carboxylic acids is 2. The molecule has 1 heterocycles. The second-order valence-electron chi connectivity index (χ2n) is 5.57. The van der Waals surface area contributed by atoms with Gasteiger partial charge in [0.25, 0.3) is 5.91 Å². The van der Waals surface area contributed by atoms with Crippen LogP contribution in [0.15, 0.2) is 24.3 Å². The molecule has 6 nitrogen and oxygen atoms in total. The van der Waals surface area contributed by atoms with E-state index in [-0.39, 0.29) is 17.7 Å². The van der Waals surface area contributed by atoms with E-state index in [4.69, 9.17) is 4.74 Å². The first-order chi connectivity index (χ1) is 11.6. The SMILES string of the molecule is CNC(=O)[C@@H]1CCCc2sc(NC(=O)c3ccc(OC)cc3)nc21. The molecule has 126 valence electrons. The maximum atomic E-state index is 12.3. The Hall–Kier alpha value is -2.41. The van der Waals surface area contributed by atoms with Gasteiger partial charge in [-0.3, -0.25) is 14.9 Å². The molecule has 2 amide bonds. The summed E-state index contributed by atoms with van der Waals surface area (Å²) in [5, 5.41) is 6.05. The highest BCUT2D eigenvalue weighted by atomic mass is 32.1. The van der Waals surface area contributed by atoms with E-state index in [1.165, 1.54) is 11.3 Å². The van der Waals surface area contributed by atoms with Crippen molar-refractivity contribution in [1.29, 1.82) is 0 Å². The highest BCUT2D eigenvalue weighted by Crippen LogP contribution is 2.36. The van der Waals surface area contributed by atoms with Crippen LogP contribution in [0.2, 0.25) is 0 Å². The van der Waals surface area contributed by atoms with Crippen LogP contribution in [0, 0.1) is 0 Å². The van der Waals surface area contributed by atoms with Gasteiger partial charge in [-0.05, 0) is 43.5 Å². The normalized spacial score (nSPS) is 16.2. The minimum absolute atomic E-state index is 0.0192. The third-order valence-electron chi connectivity index (χ3n) is 4.09. The Morgan fingerprint density at radius 2 is 2.04 bits per heavy atom. The van der Waals surface area contributed by atoms with Crippen molar-refractivity contribution in [2.45, 2.75) is 25.2 Å². The largest absolute Gasteiger partial charge is 0.497 e. The maximum Gasteiger partial charge on any atom is 0.257 e. The predicted molar refractivity (Wildman–Crippen MR) is 92.8 cm³/mol. The van der Waals surface area contributed by atoms with Crippen LogP contribution >= 0.6 is 11.3 Å². The minimum atomic E-state index is -0.222. The number of aryl methyl sites for hydroxylation is 1. The highest BCUT2D eigenvalue weighted by Gasteiger charge is 2.29. The van der Waals surface area contributed by atoms with Crippen molar-refractivity contribution in [1.82, 2.24) is 10.3 Å². The van der Waals surface area contributed by atoms with Gasteiger partial charge in [0.05, 0.1) is 18.7 Å². The number of amides is 2. The number of rotatable bonds is 4. The summed E-state index contributed by atoms with van der Waals surface area (Å²) in [6.07, 6.45) is 2.65. The standard InChI is InChI=1S/C17H19N3O3S/c1-18-16(22)12-4-3-5-13-14(12)19-17(24-13)20-15(21)10-6-8-11(23-2)9-7-10/h6-9,12H,3-5H2,1-2H3,(H,18,22)(H,19,20,21)/t12-/m1/s1. The molecule has 1 aliphatic rings. The number of anilines is 1. The average Bonchev–Trinajstić information content (AvgIpc) is 3.03. The molecule has 1 aliphatic carbocycles. The van der Waals surface area contributed by atoms with Crippen molar-refractivity contribution >= 4 is 28.3 Å². The predicted octanol–water partition coefficient (Wildman–Crippen LogP) is 2.57. The molecule has 7 heteroatoms. The molecule has 1 aromatic carbocycles. The molecule has 3 rings (SSSR count). The Balaban J connectivity index is 1.77. The summed E-state index contributed by atoms with van der Waals surface area (Å²) >= 11 is 1.45. The fraction of sp³-hybridized carbons (Fsp3) is 0.353. The summed E-state index contributed by atoms with van der Waals surface area (Å²) in [7, 11) is 3.22. The molecule has 2 aromatic rings. The van der Waals surface area contributed by atoms with Gasteiger partial charge in [0.2, 0.25) is 5.91 Å². The van der Waals surface area contributed by atoms with E-state index in [0.29, 0.717) is 16.4 Å². The number of likely N-dealkylation sites (N-methyl/N-ethyl adjacent to an activating group) is 1. The van der Waals surface area contributed by atoms with Crippen LogP contribution in [-0.2, 0) is 11.2 Å². The fourth-order valence-electron chi connectivity index (χ4n) is 2.81. The zero-order valence-electron chi connectivity index (χ0n) is 13.6. The molecule has 0 spiro atoms. The molecule has 24 heavy (non-hydrogen) atoms. The van der Waals surface area contributed by atoms with Crippen molar-refractivity contribution in [3.8, 4) is 5.75 Å². The lowest BCUT2D eigenvalue weighted by Crippen LogP contribution is -2.28. The Bertz CT molecular complexity index is 755. The maximum absolute atomic E-state index is 12.3. The molecule has 0 aliphatic heterocycles. The number of hydrogen-bond acceptors (Lipinski definition) is 5. The van der Waals surface area contributed by atoms with Gasteiger partial charge in [0, 0.05) is 17.5 Å². The number of fused-ring (bicyclic) bond motifs is 1. The number of hydrogen-bond donors (Lipinski definition) is 2. The van der Waals surface area contributed by atoms with Gasteiger partial charge in [-0.2, -0.15) is 0 Å². The van der Waals surface area contributed by atoms with Crippen LogP contribution in [0.5, 0.6) is 5.75 Å². The van der Waals surface area contributed by atoms with Crippen LogP contribution in [0.3, 0.4) is 0 Å².